The number of nitrogens with one attached hydrogen (secondary N) is 1. The summed E-state index contributed by atoms with van der Waals surface area (Å²) in [7, 11) is 0. The molecule has 0 bridgehead atoms. The highest BCUT2D eigenvalue weighted by Crippen LogP contribution is 2.38. The molecule has 94 valence electrons. The van der Waals surface area contributed by atoms with Crippen molar-refractivity contribution in [2.45, 2.75) is 42.1 Å². The second-order valence-electron chi connectivity index (χ2n) is 4.80. The van der Waals surface area contributed by atoms with E-state index >= 15 is 0 Å². The summed E-state index contributed by atoms with van der Waals surface area (Å²) in [4.78, 5) is 0. The minimum absolute atomic E-state index is 0.529. The molecule has 0 spiro atoms. The molecule has 2 aromatic heterocycles. The summed E-state index contributed by atoms with van der Waals surface area (Å²) in [5.74, 6) is 1.53. The van der Waals surface area contributed by atoms with Gasteiger partial charge in [-0.25, -0.2) is 4.68 Å². The Balaban J connectivity index is 1.72. The third-order valence-electron chi connectivity index (χ3n) is 3.63. The lowest BCUT2D eigenvalue weighted by molar-refractivity contribution is 0.431. The van der Waals surface area contributed by atoms with E-state index in [1.165, 1.54) is 25.7 Å². The predicted molar refractivity (Wildman–Crippen MR) is 69.0 cm³/mol. The van der Waals surface area contributed by atoms with Gasteiger partial charge in [-0.05, 0) is 25.0 Å². The molecule has 1 aliphatic carbocycles. The summed E-state index contributed by atoms with van der Waals surface area (Å²) >= 11 is 1.84. The fourth-order valence-corrected chi connectivity index (χ4v) is 3.96. The van der Waals surface area contributed by atoms with E-state index in [0.29, 0.717) is 11.3 Å². The zero-order valence-electron chi connectivity index (χ0n) is 9.87. The molecule has 2 atom stereocenters. The maximum atomic E-state index is 5.41. The number of rotatable bonds is 1. The van der Waals surface area contributed by atoms with Gasteiger partial charge in [0.05, 0.1) is 12.3 Å². The number of fused-ring (bicyclic) bond motifs is 2. The lowest BCUT2D eigenvalue weighted by Gasteiger charge is -2.36. The van der Waals surface area contributed by atoms with Crippen LogP contribution in [0.15, 0.2) is 28.0 Å². The first-order valence-corrected chi connectivity index (χ1v) is 7.22. The maximum absolute atomic E-state index is 5.41. The van der Waals surface area contributed by atoms with E-state index < -0.39 is 0 Å². The molecule has 2 aromatic rings. The number of aromatic nitrogens is 3. The molecule has 1 aliphatic heterocycles. The van der Waals surface area contributed by atoms with Crippen LogP contribution < -0.4 is 5.43 Å². The third-order valence-corrected chi connectivity index (χ3v) is 4.97. The fourth-order valence-electron chi connectivity index (χ4n) is 2.71. The molecule has 2 unspecified atom stereocenters. The van der Waals surface area contributed by atoms with Gasteiger partial charge in [-0.15, -0.1) is 10.2 Å². The highest BCUT2D eigenvalue weighted by molar-refractivity contribution is 7.99. The van der Waals surface area contributed by atoms with E-state index in [9.17, 15) is 0 Å². The Bertz CT molecular complexity index is 550. The van der Waals surface area contributed by atoms with E-state index in [0.717, 1.165) is 16.7 Å². The van der Waals surface area contributed by atoms with Crippen LogP contribution >= 0.6 is 11.8 Å². The minimum atomic E-state index is 0.529. The highest BCUT2D eigenvalue weighted by atomic mass is 32.2. The molecule has 4 rings (SSSR count). The van der Waals surface area contributed by atoms with Gasteiger partial charge < -0.3 is 9.84 Å². The largest absolute Gasteiger partial charge is 0.461 e. The summed E-state index contributed by atoms with van der Waals surface area (Å²) in [5, 5.41) is 10.1. The topological polar surface area (TPSA) is 55.9 Å². The van der Waals surface area contributed by atoms with Crippen LogP contribution in [-0.4, -0.2) is 26.2 Å². The van der Waals surface area contributed by atoms with E-state index in [-0.39, 0.29) is 0 Å². The first kappa shape index (κ1) is 10.5. The summed E-state index contributed by atoms with van der Waals surface area (Å²) < 4.78 is 7.39. The molecule has 2 aliphatic rings. The summed E-state index contributed by atoms with van der Waals surface area (Å²) in [6.07, 6.45) is 6.80. The van der Waals surface area contributed by atoms with Crippen molar-refractivity contribution in [1.82, 2.24) is 14.9 Å². The molecule has 18 heavy (non-hydrogen) atoms. The van der Waals surface area contributed by atoms with E-state index in [4.69, 9.17) is 4.42 Å². The molecule has 1 fully saturated rings. The second-order valence-corrected chi connectivity index (χ2v) is 6.00. The monoisotopic (exact) mass is 262 g/mol. The van der Waals surface area contributed by atoms with E-state index in [2.05, 4.69) is 15.6 Å². The highest BCUT2D eigenvalue weighted by Gasteiger charge is 2.34. The quantitative estimate of drug-likeness (QED) is 0.855. The van der Waals surface area contributed by atoms with Crippen LogP contribution in [0, 0.1) is 0 Å². The Morgan fingerprint density at radius 1 is 1.33 bits per heavy atom. The third kappa shape index (κ3) is 1.55. The van der Waals surface area contributed by atoms with Crippen LogP contribution in [0.2, 0.25) is 0 Å². The second kappa shape index (κ2) is 4.05. The van der Waals surface area contributed by atoms with Crippen LogP contribution in [0.1, 0.15) is 25.7 Å². The van der Waals surface area contributed by atoms with Crippen molar-refractivity contribution in [3.05, 3.63) is 18.4 Å². The van der Waals surface area contributed by atoms with Gasteiger partial charge >= 0.3 is 0 Å². The summed E-state index contributed by atoms with van der Waals surface area (Å²) in [5.41, 5.74) is 3.55. The lowest BCUT2D eigenvalue weighted by atomic mass is 9.95. The van der Waals surface area contributed by atoms with Gasteiger partial charge in [-0.2, -0.15) is 0 Å². The molecular weight excluding hydrogens is 248 g/mol. The zero-order valence-corrected chi connectivity index (χ0v) is 10.7. The van der Waals surface area contributed by atoms with Crippen LogP contribution in [0.5, 0.6) is 0 Å². The van der Waals surface area contributed by atoms with Crippen molar-refractivity contribution in [3.63, 3.8) is 0 Å². The summed E-state index contributed by atoms with van der Waals surface area (Å²) in [6.45, 7) is 0. The average Bonchev–Trinajstić information content (AvgIpc) is 3.04. The van der Waals surface area contributed by atoms with Crippen molar-refractivity contribution >= 4 is 11.8 Å². The molecule has 0 amide bonds. The van der Waals surface area contributed by atoms with Gasteiger partial charge in [0.1, 0.15) is 0 Å². The molecular formula is C12H14N4OS. The predicted octanol–water partition coefficient (Wildman–Crippen LogP) is 2.50. The van der Waals surface area contributed by atoms with Gasteiger partial charge in [0.2, 0.25) is 11.0 Å². The lowest BCUT2D eigenvalue weighted by Crippen LogP contribution is -2.42. The van der Waals surface area contributed by atoms with Crippen molar-refractivity contribution in [2.24, 2.45) is 0 Å². The van der Waals surface area contributed by atoms with Crippen molar-refractivity contribution in [3.8, 4) is 11.6 Å². The SMILES string of the molecule is c1coc(-c2nnc3n2NC2CCCCC2S3)c1. The maximum Gasteiger partial charge on any atom is 0.219 e. The standard InChI is InChI=1S/C12H14N4OS/c1-2-6-10-8(4-1)15-16-11(9-5-3-7-17-9)13-14-12(16)18-10/h3,5,7-8,10,15H,1-2,4,6H2. The number of hydrogen-bond acceptors (Lipinski definition) is 5. The van der Waals surface area contributed by atoms with Crippen molar-refractivity contribution in [1.29, 1.82) is 0 Å². The van der Waals surface area contributed by atoms with Crippen LogP contribution in [-0.2, 0) is 0 Å². The molecule has 5 nitrogen and oxygen atoms in total. The molecule has 0 aromatic carbocycles. The van der Waals surface area contributed by atoms with Crippen LogP contribution in [0.25, 0.3) is 11.6 Å². The first-order chi connectivity index (χ1) is 8.92. The fraction of sp³-hybridized carbons (Fsp3) is 0.500. The van der Waals surface area contributed by atoms with Crippen molar-refractivity contribution in [2.75, 3.05) is 5.43 Å². The Morgan fingerprint density at radius 2 is 2.28 bits per heavy atom. The van der Waals surface area contributed by atoms with Gasteiger partial charge in [-0.1, -0.05) is 24.6 Å². The Labute approximate surface area is 109 Å². The van der Waals surface area contributed by atoms with Crippen LogP contribution in [0.3, 0.4) is 0 Å². The molecule has 1 saturated carbocycles. The molecule has 0 saturated heterocycles. The number of nitrogens with zero attached hydrogens (tertiary/aromatic N) is 3. The number of thioether (sulfide) groups is 1. The number of hydrogen-bond donors (Lipinski definition) is 1. The smallest absolute Gasteiger partial charge is 0.219 e. The minimum Gasteiger partial charge on any atom is -0.461 e. The van der Waals surface area contributed by atoms with Gasteiger partial charge in [0.25, 0.3) is 0 Å². The van der Waals surface area contributed by atoms with Crippen molar-refractivity contribution < 1.29 is 4.42 Å². The van der Waals surface area contributed by atoms with Gasteiger partial charge in [0, 0.05) is 5.25 Å². The Kier molecular flexibility index (Phi) is 2.36. The van der Waals surface area contributed by atoms with Crippen LogP contribution in [0.4, 0.5) is 0 Å². The molecule has 3 heterocycles. The van der Waals surface area contributed by atoms with E-state index in [1.54, 1.807) is 6.26 Å². The summed E-state index contributed by atoms with van der Waals surface area (Å²) in [6, 6.07) is 4.31. The first-order valence-electron chi connectivity index (χ1n) is 6.34. The van der Waals surface area contributed by atoms with Gasteiger partial charge in [0.15, 0.2) is 5.76 Å². The normalized spacial score (nSPS) is 26.2. The van der Waals surface area contributed by atoms with E-state index in [1.807, 2.05) is 28.6 Å². The molecule has 1 N–H and O–H groups in total. The Hall–Kier alpha value is -1.43. The molecule has 6 heteroatoms. The Morgan fingerprint density at radius 3 is 3.17 bits per heavy atom. The molecule has 0 radical (unpaired) electrons. The van der Waals surface area contributed by atoms with Gasteiger partial charge in [-0.3, -0.25) is 0 Å². The average molecular weight is 262 g/mol. The zero-order chi connectivity index (χ0) is 11.9. The number of furan rings is 1.